The first-order valence-electron chi connectivity index (χ1n) is 15.0. The Balaban J connectivity index is 1.35. The lowest BCUT2D eigenvalue weighted by Crippen LogP contribution is -1.96. The van der Waals surface area contributed by atoms with Gasteiger partial charge in [0, 0.05) is 41.3 Å². The lowest BCUT2D eigenvalue weighted by atomic mass is 9.87. The van der Waals surface area contributed by atoms with E-state index in [9.17, 15) is 0 Å². The number of benzene rings is 4. The van der Waals surface area contributed by atoms with Crippen LogP contribution in [0.2, 0.25) is 0 Å². The molecule has 4 aromatic carbocycles. The van der Waals surface area contributed by atoms with E-state index in [2.05, 4.69) is 113 Å². The first-order valence-corrected chi connectivity index (χ1v) is 15.0. The minimum atomic E-state index is 0.846. The quantitative estimate of drug-likeness (QED) is 0.196. The van der Waals surface area contributed by atoms with Crippen LogP contribution in [0.25, 0.3) is 83.1 Å². The number of fused-ring (bicyclic) bond motifs is 4. The molecule has 9 rings (SSSR count). The molecule has 0 spiro atoms. The SMILES string of the molecule is c1ccc(-c2ccc(-c3c4ccccc4c(-c4c(-c5cc6ccccc6cn5)nc5ccccn45)c4ccccc34)cn2)nc1. The average molecular weight is 576 g/mol. The molecule has 5 heterocycles. The summed E-state index contributed by atoms with van der Waals surface area (Å²) in [6.45, 7) is 0. The number of hydrogen-bond acceptors (Lipinski definition) is 4. The Morgan fingerprint density at radius 3 is 1.82 bits per heavy atom. The zero-order valence-electron chi connectivity index (χ0n) is 24.2. The second-order valence-corrected chi connectivity index (χ2v) is 11.1. The molecule has 5 heteroatoms. The van der Waals surface area contributed by atoms with E-state index in [0.29, 0.717) is 0 Å². The van der Waals surface area contributed by atoms with Gasteiger partial charge >= 0.3 is 0 Å². The highest BCUT2D eigenvalue weighted by atomic mass is 15.0. The molecule has 9 aromatic rings. The Kier molecular flexibility index (Phi) is 5.74. The Morgan fingerprint density at radius 2 is 1.11 bits per heavy atom. The summed E-state index contributed by atoms with van der Waals surface area (Å²) in [6.07, 6.45) is 7.81. The fourth-order valence-corrected chi connectivity index (χ4v) is 6.53. The van der Waals surface area contributed by atoms with Gasteiger partial charge < -0.3 is 0 Å². The molecule has 0 aliphatic rings. The van der Waals surface area contributed by atoms with Gasteiger partial charge in [-0.25, -0.2) is 4.98 Å². The van der Waals surface area contributed by atoms with Crippen LogP contribution in [0.3, 0.4) is 0 Å². The fourth-order valence-electron chi connectivity index (χ4n) is 6.53. The van der Waals surface area contributed by atoms with Crippen molar-refractivity contribution in [3.8, 4) is 45.2 Å². The normalized spacial score (nSPS) is 11.6. The predicted molar refractivity (Wildman–Crippen MR) is 183 cm³/mol. The molecule has 0 aliphatic heterocycles. The second kappa shape index (κ2) is 10.2. The summed E-state index contributed by atoms with van der Waals surface area (Å²) in [5, 5.41) is 6.84. The summed E-state index contributed by atoms with van der Waals surface area (Å²) in [4.78, 5) is 19.4. The number of imidazole rings is 1. The van der Waals surface area contributed by atoms with E-state index in [-0.39, 0.29) is 0 Å². The third-order valence-corrected chi connectivity index (χ3v) is 8.55. The van der Waals surface area contributed by atoms with Crippen molar-refractivity contribution >= 4 is 38.0 Å². The van der Waals surface area contributed by atoms with Gasteiger partial charge in [0.2, 0.25) is 0 Å². The summed E-state index contributed by atoms with van der Waals surface area (Å²) in [5.74, 6) is 0. The molecule has 210 valence electrons. The van der Waals surface area contributed by atoms with Crippen molar-refractivity contribution in [3.63, 3.8) is 0 Å². The molecule has 0 saturated heterocycles. The number of rotatable bonds is 4. The van der Waals surface area contributed by atoms with Crippen LogP contribution < -0.4 is 0 Å². The van der Waals surface area contributed by atoms with Crippen LogP contribution >= 0.6 is 0 Å². The summed E-state index contributed by atoms with van der Waals surface area (Å²) in [6, 6.07) is 44.0. The van der Waals surface area contributed by atoms with Gasteiger partial charge in [-0.1, -0.05) is 91.0 Å². The summed E-state index contributed by atoms with van der Waals surface area (Å²) in [5.41, 5.74) is 8.66. The lowest BCUT2D eigenvalue weighted by Gasteiger charge is -2.18. The van der Waals surface area contributed by atoms with Crippen molar-refractivity contribution in [2.75, 3.05) is 0 Å². The smallest absolute Gasteiger partial charge is 0.138 e. The molecular formula is C40H25N5. The molecule has 0 aliphatic carbocycles. The van der Waals surface area contributed by atoms with Gasteiger partial charge in [0.15, 0.2) is 0 Å². The van der Waals surface area contributed by atoms with E-state index in [4.69, 9.17) is 15.0 Å². The highest BCUT2D eigenvalue weighted by Gasteiger charge is 2.23. The lowest BCUT2D eigenvalue weighted by molar-refractivity contribution is 1.19. The molecule has 45 heavy (non-hydrogen) atoms. The second-order valence-electron chi connectivity index (χ2n) is 11.1. The summed E-state index contributed by atoms with van der Waals surface area (Å²) < 4.78 is 2.20. The van der Waals surface area contributed by atoms with E-state index in [1.165, 1.54) is 0 Å². The van der Waals surface area contributed by atoms with Gasteiger partial charge in [-0.2, -0.15) is 0 Å². The molecule has 0 radical (unpaired) electrons. The van der Waals surface area contributed by atoms with Crippen LogP contribution in [0.15, 0.2) is 152 Å². The van der Waals surface area contributed by atoms with Gasteiger partial charge in [0.1, 0.15) is 11.3 Å². The average Bonchev–Trinajstić information content (AvgIpc) is 3.50. The molecular weight excluding hydrogens is 550 g/mol. The van der Waals surface area contributed by atoms with Crippen molar-refractivity contribution in [3.05, 3.63) is 152 Å². The Labute approximate surface area is 259 Å². The molecule has 0 unspecified atom stereocenters. The zero-order chi connectivity index (χ0) is 29.7. The maximum atomic E-state index is 5.18. The van der Waals surface area contributed by atoms with Crippen molar-refractivity contribution in [2.24, 2.45) is 0 Å². The van der Waals surface area contributed by atoms with Gasteiger partial charge in [0.25, 0.3) is 0 Å². The van der Waals surface area contributed by atoms with Gasteiger partial charge in [0.05, 0.1) is 22.8 Å². The number of hydrogen-bond donors (Lipinski definition) is 0. The standard InChI is InChI=1S/C40H25N5/c1-2-12-27-24-43-35(23-26(27)11-1)39-40(45-22-10-8-18-36(45)44-39)38-31-15-5-3-13-29(31)37(30-14-4-6-16-32(30)38)28-19-20-34(42-25-28)33-17-7-9-21-41-33/h1-25H. The Morgan fingerprint density at radius 1 is 0.467 bits per heavy atom. The van der Waals surface area contributed by atoms with Crippen LogP contribution in [0.1, 0.15) is 0 Å². The molecule has 0 fully saturated rings. The molecule has 5 aromatic heterocycles. The predicted octanol–water partition coefficient (Wildman–Crippen LogP) is 9.65. The van der Waals surface area contributed by atoms with Crippen LogP contribution in [-0.4, -0.2) is 24.3 Å². The molecule has 0 saturated carbocycles. The molecule has 0 amide bonds. The van der Waals surface area contributed by atoms with Crippen molar-refractivity contribution in [1.29, 1.82) is 0 Å². The van der Waals surface area contributed by atoms with Crippen molar-refractivity contribution < 1.29 is 0 Å². The maximum Gasteiger partial charge on any atom is 0.138 e. The summed E-state index contributed by atoms with van der Waals surface area (Å²) >= 11 is 0. The monoisotopic (exact) mass is 575 g/mol. The molecule has 0 N–H and O–H groups in total. The minimum Gasteiger partial charge on any atom is -0.299 e. The third-order valence-electron chi connectivity index (χ3n) is 8.55. The Hall–Kier alpha value is -6.20. The number of aromatic nitrogens is 5. The molecule has 0 atom stereocenters. The third kappa shape index (κ3) is 4.09. The fraction of sp³-hybridized carbons (Fsp3) is 0. The maximum absolute atomic E-state index is 5.18. The first kappa shape index (κ1) is 25.3. The van der Waals surface area contributed by atoms with E-state index >= 15 is 0 Å². The zero-order valence-corrected chi connectivity index (χ0v) is 24.2. The molecule has 0 bridgehead atoms. The van der Waals surface area contributed by atoms with Gasteiger partial charge in [-0.3, -0.25) is 19.4 Å². The van der Waals surface area contributed by atoms with E-state index in [1.54, 1.807) is 6.20 Å². The van der Waals surface area contributed by atoms with E-state index < -0.39 is 0 Å². The number of pyridine rings is 4. The van der Waals surface area contributed by atoms with Crippen molar-refractivity contribution in [2.45, 2.75) is 0 Å². The van der Waals surface area contributed by atoms with Crippen LogP contribution in [-0.2, 0) is 0 Å². The molecule has 5 nitrogen and oxygen atoms in total. The minimum absolute atomic E-state index is 0.846. The van der Waals surface area contributed by atoms with Crippen molar-refractivity contribution in [1.82, 2.24) is 24.3 Å². The van der Waals surface area contributed by atoms with E-state index in [1.807, 2.05) is 42.7 Å². The number of nitrogens with zero attached hydrogens (tertiary/aromatic N) is 5. The van der Waals surface area contributed by atoms with Gasteiger partial charge in [-0.05, 0) is 68.9 Å². The van der Waals surface area contributed by atoms with E-state index in [0.717, 1.165) is 83.1 Å². The Bertz CT molecular complexity index is 2480. The highest BCUT2D eigenvalue weighted by Crippen LogP contribution is 2.46. The topological polar surface area (TPSA) is 56.0 Å². The first-order chi connectivity index (χ1) is 22.3. The highest BCUT2D eigenvalue weighted by molar-refractivity contribution is 6.22. The van der Waals surface area contributed by atoms with Crippen LogP contribution in [0.4, 0.5) is 0 Å². The van der Waals surface area contributed by atoms with Crippen LogP contribution in [0.5, 0.6) is 0 Å². The summed E-state index contributed by atoms with van der Waals surface area (Å²) in [7, 11) is 0. The van der Waals surface area contributed by atoms with Crippen LogP contribution in [0, 0.1) is 0 Å². The largest absolute Gasteiger partial charge is 0.299 e. The van der Waals surface area contributed by atoms with Gasteiger partial charge in [-0.15, -0.1) is 0 Å².